The van der Waals surface area contributed by atoms with Crippen LogP contribution in [-0.4, -0.2) is 65.0 Å². The summed E-state index contributed by atoms with van der Waals surface area (Å²) in [5.74, 6) is -0.262. The fourth-order valence-corrected chi connectivity index (χ4v) is 4.69. The van der Waals surface area contributed by atoms with Crippen LogP contribution in [0.3, 0.4) is 0 Å². The lowest BCUT2D eigenvalue weighted by atomic mass is 9.94. The third-order valence-corrected chi connectivity index (χ3v) is 6.69. The molecule has 1 unspecified atom stereocenters. The molecule has 1 aliphatic carbocycles. The molecule has 9 heteroatoms. The molecule has 0 radical (unpaired) electrons. The Kier molecular flexibility index (Phi) is 7.30. The van der Waals surface area contributed by atoms with E-state index in [0.29, 0.717) is 37.2 Å². The summed E-state index contributed by atoms with van der Waals surface area (Å²) in [5.41, 5.74) is 0.743. The maximum atomic E-state index is 12.9. The Morgan fingerprint density at radius 3 is 2.35 bits per heavy atom. The normalized spacial score (nSPS) is 20.6. The molecule has 0 spiro atoms. The Morgan fingerprint density at radius 1 is 1.00 bits per heavy atom. The van der Waals surface area contributed by atoms with Gasteiger partial charge in [-0.1, -0.05) is 0 Å². The van der Waals surface area contributed by atoms with Gasteiger partial charge in [-0.2, -0.15) is 0 Å². The van der Waals surface area contributed by atoms with E-state index in [9.17, 15) is 19.5 Å². The van der Waals surface area contributed by atoms with E-state index in [4.69, 9.17) is 4.74 Å². The minimum atomic E-state index is -0.273. The number of ether oxygens (including phenoxy) is 1. The molecular weight excluding hydrogens is 436 g/mol. The molecule has 4 rings (SSSR count). The Labute approximate surface area is 198 Å². The van der Waals surface area contributed by atoms with Crippen molar-refractivity contribution in [1.82, 2.24) is 20.5 Å². The summed E-state index contributed by atoms with van der Waals surface area (Å²) in [4.78, 5) is 43.9. The van der Waals surface area contributed by atoms with Crippen LogP contribution in [0, 0.1) is 5.92 Å². The number of aromatic nitrogens is 1. The molecule has 1 aromatic carbocycles. The number of carbonyl (C=O) groups is 3. The van der Waals surface area contributed by atoms with Crippen molar-refractivity contribution in [2.45, 2.75) is 44.2 Å². The zero-order chi connectivity index (χ0) is 24.1. The van der Waals surface area contributed by atoms with Crippen molar-refractivity contribution in [2.75, 3.05) is 20.2 Å². The Bertz CT molecular complexity index is 1040. The van der Waals surface area contributed by atoms with Gasteiger partial charge in [0.25, 0.3) is 11.8 Å². The van der Waals surface area contributed by atoms with Crippen LogP contribution >= 0.6 is 0 Å². The van der Waals surface area contributed by atoms with Gasteiger partial charge in [0.15, 0.2) is 0 Å². The first-order valence-corrected chi connectivity index (χ1v) is 11.6. The third-order valence-electron chi connectivity index (χ3n) is 6.69. The van der Waals surface area contributed by atoms with Crippen LogP contribution in [0.25, 0.3) is 0 Å². The van der Waals surface area contributed by atoms with Crippen LogP contribution < -0.4 is 15.4 Å². The van der Waals surface area contributed by atoms with Gasteiger partial charge < -0.3 is 25.4 Å². The number of nitrogens with zero attached hydrogens (tertiary/aromatic N) is 2. The number of methoxy groups -OCH3 is 1. The van der Waals surface area contributed by atoms with Gasteiger partial charge in [-0.05, 0) is 62.4 Å². The number of rotatable bonds is 6. The van der Waals surface area contributed by atoms with E-state index >= 15 is 0 Å². The highest BCUT2D eigenvalue weighted by molar-refractivity contribution is 5.97. The van der Waals surface area contributed by atoms with E-state index < -0.39 is 0 Å². The second kappa shape index (κ2) is 10.5. The van der Waals surface area contributed by atoms with Crippen LogP contribution in [0.2, 0.25) is 0 Å². The number of phenolic OH excluding ortho intramolecular Hbond substituents is 1. The number of hydrogen-bond acceptors (Lipinski definition) is 6. The van der Waals surface area contributed by atoms with Gasteiger partial charge in [0, 0.05) is 49.0 Å². The van der Waals surface area contributed by atoms with Gasteiger partial charge in [0.1, 0.15) is 11.5 Å². The number of pyridine rings is 1. The maximum Gasteiger partial charge on any atom is 0.257 e. The van der Waals surface area contributed by atoms with E-state index in [-0.39, 0.29) is 47.0 Å². The number of hydrogen-bond donors (Lipinski definition) is 3. The van der Waals surface area contributed by atoms with Gasteiger partial charge in [0.2, 0.25) is 5.91 Å². The first-order valence-electron chi connectivity index (χ1n) is 11.6. The predicted octanol–water partition coefficient (Wildman–Crippen LogP) is 2.12. The monoisotopic (exact) mass is 466 g/mol. The molecule has 2 fully saturated rings. The molecule has 1 aromatic heterocycles. The lowest BCUT2D eigenvalue weighted by Gasteiger charge is -2.32. The summed E-state index contributed by atoms with van der Waals surface area (Å²) < 4.78 is 5.15. The highest BCUT2D eigenvalue weighted by Gasteiger charge is 2.34. The standard InChI is InChI=1S/C25H30N4O5/c1-34-18-5-6-22(30)19(15-18)25(33)29-13-9-17(10-14-29)24(32)28-21-4-2-3-20(21)27-23(31)16-7-11-26-12-8-16/h5-8,11-12,15,17,20-21,30H,2-4,9-10,13-14H2,1H3,(H,27,31)(H,28,32)/t20-,21?/m1/s1. The van der Waals surface area contributed by atoms with Gasteiger partial charge in [-0.15, -0.1) is 0 Å². The van der Waals surface area contributed by atoms with Crippen LogP contribution in [0.15, 0.2) is 42.7 Å². The van der Waals surface area contributed by atoms with Crippen LogP contribution in [0.1, 0.15) is 52.8 Å². The molecule has 2 aromatic rings. The fraction of sp³-hybridized carbons (Fsp3) is 0.440. The van der Waals surface area contributed by atoms with Gasteiger partial charge in [0.05, 0.1) is 12.7 Å². The third kappa shape index (κ3) is 5.30. The number of carbonyl (C=O) groups excluding carboxylic acids is 3. The first-order chi connectivity index (χ1) is 16.5. The summed E-state index contributed by atoms with van der Waals surface area (Å²) in [6.07, 6.45) is 6.82. The van der Waals surface area contributed by atoms with E-state index in [2.05, 4.69) is 15.6 Å². The molecule has 1 aliphatic heterocycles. The summed E-state index contributed by atoms with van der Waals surface area (Å²) in [6.45, 7) is 0.862. The molecule has 2 atom stereocenters. The molecule has 3 amide bonds. The highest BCUT2D eigenvalue weighted by Crippen LogP contribution is 2.27. The molecule has 3 N–H and O–H groups in total. The minimum absolute atomic E-state index is 0.0358. The van der Waals surface area contributed by atoms with Gasteiger partial charge >= 0.3 is 0 Å². The molecule has 1 saturated heterocycles. The first kappa shape index (κ1) is 23.5. The number of benzene rings is 1. The van der Waals surface area contributed by atoms with E-state index in [1.807, 2.05) is 0 Å². The maximum absolute atomic E-state index is 12.9. The second-order valence-corrected chi connectivity index (χ2v) is 8.81. The summed E-state index contributed by atoms with van der Waals surface area (Å²) in [5, 5.41) is 16.3. The zero-order valence-corrected chi connectivity index (χ0v) is 19.2. The average Bonchev–Trinajstić information content (AvgIpc) is 3.30. The summed E-state index contributed by atoms with van der Waals surface area (Å²) >= 11 is 0. The smallest absolute Gasteiger partial charge is 0.257 e. The van der Waals surface area contributed by atoms with Crippen LogP contribution in [-0.2, 0) is 4.79 Å². The number of amides is 3. The largest absolute Gasteiger partial charge is 0.507 e. The van der Waals surface area contributed by atoms with Crippen molar-refractivity contribution in [3.63, 3.8) is 0 Å². The molecule has 2 aliphatic rings. The van der Waals surface area contributed by atoms with Crippen molar-refractivity contribution in [3.05, 3.63) is 53.9 Å². The van der Waals surface area contributed by atoms with Gasteiger partial charge in [-0.25, -0.2) is 0 Å². The molecule has 1 saturated carbocycles. The Hall–Kier alpha value is -3.62. The number of aromatic hydroxyl groups is 1. The molecule has 9 nitrogen and oxygen atoms in total. The SMILES string of the molecule is COc1ccc(O)c(C(=O)N2CCC(C(=O)NC3CCC[C@H]3NC(=O)c3ccncc3)CC2)c1. The quantitative estimate of drug-likeness (QED) is 0.600. The zero-order valence-electron chi connectivity index (χ0n) is 19.2. The summed E-state index contributed by atoms with van der Waals surface area (Å²) in [7, 11) is 1.50. The molecule has 180 valence electrons. The van der Waals surface area contributed by atoms with Crippen LogP contribution in [0.4, 0.5) is 0 Å². The highest BCUT2D eigenvalue weighted by atomic mass is 16.5. The van der Waals surface area contributed by atoms with Crippen molar-refractivity contribution >= 4 is 17.7 Å². The average molecular weight is 467 g/mol. The Morgan fingerprint density at radius 2 is 1.68 bits per heavy atom. The predicted molar refractivity (Wildman–Crippen MR) is 125 cm³/mol. The Balaban J connectivity index is 1.29. The number of piperidine rings is 1. The molecular formula is C25H30N4O5. The van der Waals surface area contributed by atoms with Crippen LogP contribution in [0.5, 0.6) is 11.5 Å². The number of likely N-dealkylation sites (tertiary alicyclic amines) is 1. The molecule has 34 heavy (non-hydrogen) atoms. The molecule has 0 bridgehead atoms. The van der Waals surface area contributed by atoms with Crippen molar-refractivity contribution < 1.29 is 24.2 Å². The van der Waals surface area contributed by atoms with Crippen molar-refractivity contribution in [1.29, 1.82) is 0 Å². The van der Waals surface area contributed by atoms with Crippen molar-refractivity contribution in [3.8, 4) is 11.5 Å². The van der Waals surface area contributed by atoms with Gasteiger partial charge in [-0.3, -0.25) is 19.4 Å². The fourth-order valence-electron chi connectivity index (χ4n) is 4.69. The lowest BCUT2D eigenvalue weighted by Crippen LogP contribution is -2.51. The second-order valence-electron chi connectivity index (χ2n) is 8.81. The topological polar surface area (TPSA) is 121 Å². The van der Waals surface area contributed by atoms with E-state index in [1.54, 1.807) is 35.5 Å². The van der Waals surface area contributed by atoms with E-state index in [1.165, 1.54) is 19.2 Å². The minimum Gasteiger partial charge on any atom is -0.507 e. The number of nitrogens with one attached hydrogen (secondary N) is 2. The number of phenols is 1. The summed E-state index contributed by atoms with van der Waals surface area (Å²) in [6, 6.07) is 7.68. The van der Waals surface area contributed by atoms with Crippen molar-refractivity contribution in [2.24, 2.45) is 5.92 Å². The lowest BCUT2D eigenvalue weighted by molar-refractivity contribution is -0.127. The van der Waals surface area contributed by atoms with E-state index in [0.717, 1.165) is 19.3 Å². The molecule has 2 heterocycles.